The molecule has 0 atom stereocenters. The van der Waals surface area contributed by atoms with Crippen molar-refractivity contribution in [2.45, 2.75) is 19.8 Å². The highest BCUT2D eigenvalue weighted by atomic mass is 79.9. The Morgan fingerprint density at radius 3 is 2.69 bits per heavy atom. The molecule has 0 amide bonds. The van der Waals surface area contributed by atoms with Gasteiger partial charge in [0.25, 0.3) is 0 Å². The smallest absolute Gasteiger partial charge is 0.0600 e. The standard InChI is InChI=1S/C11H12BrN/c1-7(2)10-6-8-4-3-5-9(12)11(8)13-10/h3-7,13H,1-2H3. The van der Waals surface area contributed by atoms with Crippen LogP contribution in [-0.4, -0.2) is 4.98 Å². The summed E-state index contributed by atoms with van der Waals surface area (Å²) in [4.78, 5) is 3.42. The number of H-pyrrole nitrogens is 1. The molecular weight excluding hydrogens is 226 g/mol. The van der Waals surface area contributed by atoms with E-state index < -0.39 is 0 Å². The number of rotatable bonds is 1. The minimum atomic E-state index is 0.555. The minimum absolute atomic E-state index is 0.555. The first kappa shape index (κ1) is 8.82. The van der Waals surface area contributed by atoms with Crippen molar-refractivity contribution in [3.63, 3.8) is 0 Å². The quantitative estimate of drug-likeness (QED) is 0.771. The van der Waals surface area contributed by atoms with E-state index >= 15 is 0 Å². The van der Waals surface area contributed by atoms with E-state index in [1.54, 1.807) is 0 Å². The topological polar surface area (TPSA) is 15.8 Å². The Hall–Kier alpha value is -0.760. The van der Waals surface area contributed by atoms with Gasteiger partial charge in [0.2, 0.25) is 0 Å². The number of aromatic amines is 1. The highest BCUT2D eigenvalue weighted by Gasteiger charge is 2.05. The summed E-state index contributed by atoms with van der Waals surface area (Å²) < 4.78 is 1.14. The zero-order valence-corrected chi connectivity index (χ0v) is 9.35. The summed E-state index contributed by atoms with van der Waals surface area (Å²) in [6.45, 7) is 4.39. The van der Waals surface area contributed by atoms with Crippen LogP contribution in [0.15, 0.2) is 28.7 Å². The van der Waals surface area contributed by atoms with Crippen LogP contribution >= 0.6 is 15.9 Å². The third-order valence-electron chi connectivity index (χ3n) is 2.25. The van der Waals surface area contributed by atoms with Crippen LogP contribution in [0.5, 0.6) is 0 Å². The maximum atomic E-state index is 3.53. The van der Waals surface area contributed by atoms with Gasteiger partial charge in [-0.15, -0.1) is 0 Å². The Balaban J connectivity index is 2.68. The summed E-state index contributed by atoms with van der Waals surface area (Å²) in [7, 11) is 0. The highest BCUT2D eigenvalue weighted by Crippen LogP contribution is 2.26. The summed E-state index contributed by atoms with van der Waals surface area (Å²) in [6.07, 6.45) is 0. The van der Waals surface area contributed by atoms with E-state index in [-0.39, 0.29) is 0 Å². The molecule has 0 fully saturated rings. The van der Waals surface area contributed by atoms with Gasteiger partial charge in [-0.1, -0.05) is 26.0 Å². The Labute approximate surface area is 86.3 Å². The fraction of sp³-hybridized carbons (Fsp3) is 0.273. The number of hydrogen-bond donors (Lipinski definition) is 1. The fourth-order valence-corrected chi connectivity index (χ4v) is 1.93. The molecule has 1 N–H and O–H groups in total. The minimum Gasteiger partial charge on any atom is -0.357 e. The molecule has 2 rings (SSSR count). The molecule has 1 aromatic heterocycles. The van der Waals surface area contributed by atoms with Gasteiger partial charge in [-0.25, -0.2) is 0 Å². The van der Waals surface area contributed by atoms with Crippen molar-refractivity contribution >= 4 is 26.8 Å². The van der Waals surface area contributed by atoms with Gasteiger partial charge < -0.3 is 4.98 Å². The average molecular weight is 238 g/mol. The van der Waals surface area contributed by atoms with Gasteiger partial charge in [-0.3, -0.25) is 0 Å². The van der Waals surface area contributed by atoms with E-state index in [1.165, 1.54) is 16.6 Å². The normalized spacial score (nSPS) is 11.4. The highest BCUT2D eigenvalue weighted by molar-refractivity contribution is 9.10. The molecular formula is C11H12BrN. The molecule has 2 aromatic rings. The zero-order chi connectivity index (χ0) is 9.42. The van der Waals surface area contributed by atoms with Crippen LogP contribution in [0.25, 0.3) is 10.9 Å². The number of para-hydroxylation sites is 1. The molecule has 1 heterocycles. The van der Waals surface area contributed by atoms with Gasteiger partial charge in [-0.2, -0.15) is 0 Å². The van der Waals surface area contributed by atoms with Gasteiger partial charge in [0.1, 0.15) is 0 Å². The summed E-state index contributed by atoms with van der Waals surface area (Å²) in [5.74, 6) is 0.555. The summed E-state index contributed by atoms with van der Waals surface area (Å²) in [6, 6.07) is 8.46. The molecule has 0 radical (unpaired) electrons. The van der Waals surface area contributed by atoms with Crippen molar-refractivity contribution in [3.8, 4) is 0 Å². The van der Waals surface area contributed by atoms with Crippen LogP contribution in [0.4, 0.5) is 0 Å². The first-order valence-electron chi connectivity index (χ1n) is 4.45. The largest absolute Gasteiger partial charge is 0.357 e. The molecule has 0 aliphatic carbocycles. The Morgan fingerprint density at radius 2 is 2.08 bits per heavy atom. The molecule has 0 spiro atoms. The first-order chi connectivity index (χ1) is 6.18. The van der Waals surface area contributed by atoms with E-state index in [0.717, 1.165) is 4.47 Å². The Kier molecular flexibility index (Phi) is 2.16. The van der Waals surface area contributed by atoms with E-state index in [0.29, 0.717) is 5.92 Å². The van der Waals surface area contributed by atoms with Gasteiger partial charge in [-0.05, 0) is 34.0 Å². The molecule has 0 bridgehead atoms. The number of aromatic nitrogens is 1. The Bertz CT molecular complexity index is 429. The fourth-order valence-electron chi connectivity index (χ4n) is 1.45. The van der Waals surface area contributed by atoms with Crippen LogP contribution in [0.3, 0.4) is 0 Å². The number of hydrogen-bond acceptors (Lipinski definition) is 0. The lowest BCUT2D eigenvalue weighted by molar-refractivity contribution is 0.836. The lowest BCUT2D eigenvalue weighted by Gasteiger charge is -1.98. The summed E-state index contributed by atoms with van der Waals surface area (Å²) in [5, 5.41) is 1.28. The summed E-state index contributed by atoms with van der Waals surface area (Å²) in [5.41, 5.74) is 2.49. The predicted molar refractivity (Wildman–Crippen MR) is 60.1 cm³/mol. The third-order valence-corrected chi connectivity index (χ3v) is 2.91. The lowest BCUT2D eigenvalue weighted by atomic mass is 10.1. The van der Waals surface area contributed by atoms with Crippen LogP contribution in [0.2, 0.25) is 0 Å². The summed E-state index contributed by atoms with van der Waals surface area (Å²) >= 11 is 3.53. The first-order valence-corrected chi connectivity index (χ1v) is 5.25. The average Bonchev–Trinajstić information content (AvgIpc) is 2.49. The predicted octanol–water partition coefficient (Wildman–Crippen LogP) is 4.05. The number of nitrogens with one attached hydrogen (secondary N) is 1. The van der Waals surface area contributed by atoms with Gasteiger partial charge in [0, 0.05) is 15.6 Å². The SMILES string of the molecule is CC(C)c1cc2cccc(Br)c2[nH]1. The second-order valence-corrected chi connectivity index (χ2v) is 4.44. The van der Waals surface area contributed by atoms with Crippen molar-refractivity contribution < 1.29 is 0 Å². The van der Waals surface area contributed by atoms with E-state index in [9.17, 15) is 0 Å². The molecule has 0 unspecified atom stereocenters. The number of halogens is 1. The molecule has 0 aliphatic rings. The molecule has 0 saturated heterocycles. The van der Waals surface area contributed by atoms with Gasteiger partial charge in [0.15, 0.2) is 0 Å². The van der Waals surface area contributed by atoms with E-state index in [2.05, 4.69) is 59.0 Å². The van der Waals surface area contributed by atoms with E-state index in [1.807, 2.05) is 0 Å². The monoisotopic (exact) mass is 237 g/mol. The molecule has 68 valence electrons. The van der Waals surface area contributed by atoms with Crippen molar-refractivity contribution in [2.24, 2.45) is 0 Å². The van der Waals surface area contributed by atoms with Crippen molar-refractivity contribution in [1.82, 2.24) is 4.98 Å². The number of benzene rings is 1. The van der Waals surface area contributed by atoms with Gasteiger partial charge >= 0.3 is 0 Å². The van der Waals surface area contributed by atoms with E-state index in [4.69, 9.17) is 0 Å². The maximum absolute atomic E-state index is 3.53. The molecule has 1 nitrogen and oxygen atoms in total. The van der Waals surface area contributed by atoms with Crippen molar-refractivity contribution in [1.29, 1.82) is 0 Å². The van der Waals surface area contributed by atoms with Crippen molar-refractivity contribution in [3.05, 3.63) is 34.4 Å². The molecule has 1 aromatic carbocycles. The number of fused-ring (bicyclic) bond motifs is 1. The van der Waals surface area contributed by atoms with Crippen molar-refractivity contribution in [2.75, 3.05) is 0 Å². The third kappa shape index (κ3) is 1.51. The second kappa shape index (κ2) is 3.18. The Morgan fingerprint density at radius 1 is 1.31 bits per heavy atom. The zero-order valence-electron chi connectivity index (χ0n) is 7.76. The molecule has 13 heavy (non-hydrogen) atoms. The van der Waals surface area contributed by atoms with Crippen LogP contribution in [0, 0.1) is 0 Å². The van der Waals surface area contributed by atoms with Crippen LogP contribution < -0.4 is 0 Å². The lowest BCUT2D eigenvalue weighted by Crippen LogP contribution is -1.84. The second-order valence-electron chi connectivity index (χ2n) is 3.58. The molecule has 0 saturated carbocycles. The maximum Gasteiger partial charge on any atom is 0.0600 e. The molecule has 0 aliphatic heterocycles. The van der Waals surface area contributed by atoms with Gasteiger partial charge in [0.05, 0.1) is 5.52 Å². The molecule has 2 heteroatoms. The van der Waals surface area contributed by atoms with Crippen LogP contribution in [-0.2, 0) is 0 Å². The van der Waals surface area contributed by atoms with Crippen LogP contribution in [0.1, 0.15) is 25.5 Å².